The molecule has 1 aliphatic rings. The molecule has 0 bridgehead atoms. The summed E-state index contributed by atoms with van der Waals surface area (Å²) < 4.78 is 5.00. The van der Waals surface area contributed by atoms with Gasteiger partial charge in [0, 0.05) is 5.69 Å². The molecule has 0 spiro atoms. The third kappa shape index (κ3) is 3.21. The fraction of sp³-hybridized carbons (Fsp3) is 0.250. The van der Waals surface area contributed by atoms with E-state index in [1.165, 1.54) is 0 Å². The Morgan fingerprint density at radius 1 is 1.37 bits per heavy atom. The molecule has 0 radical (unpaired) electrons. The summed E-state index contributed by atoms with van der Waals surface area (Å²) in [4.78, 5) is 35.0. The summed E-state index contributed by atoms with van der Waals surface area (Å²) in [5.74, 6) is -0.0835. The van der Waals surface area contributed by atoms with Crippen LogP contribution in [0.4, 0.5) is 10.5 Å². The molecule has 1 aliphatic heterocycles. The minimum absolute atomic E-state index is 0.0884. The van der Waals surface area contributed by atoms with Gasteiger partial charge in [0.25, 0.3) is 0 Å². The number of nitrogens with zero attached hydrogens (tertiary/aromatic N) is 1. The van der Waals surface area contributed by atoms with E-state index in [0.29, 0.717) is 11.4 Å². The van der Waals surface area contributed by atoms with Gasteiger partial charge in [-0.05, 0) is 24.3 Å². The Morgan fingerprint density at radius 3 is 2.58 bits per heavy atom. The number of rotatable bonds is 4. The molecule has 7 nitrogen and oxygen atoms in total. The number of hydrogen-bond donors (Lipinski definition) is 2. The molecule has 0 saturated carbocycles. The summed E-state index contributed by atoms with van der Waals surface area (Å²) >= 11 is 0. The van der Waals surface area contributed by atoms with E-state index < -0.39 is 11.9 Å². The van der Waals surface area contributed by atoms with Crippen molar-refractivity contribution in [2.75, 3.05) is 25.5 Å². The maximum atomic E-state index is 11.7. The molecule has 7 heteroatoms. The fourth-order valence-corrected chi connectivity index (χ4v) is 1.66. The minimum atomic E-state index is -0.546. The van der Waals surface area contributed by atoms with Crippen molar-refractivity contribution in [3.05, 3.63) is 24.3 Å². The van der Waals surface area contributed by atoms with E-state index in [1.807, 2.05) is 0 Å². The summed E-state index contributed by atoms with van der Waals surface area (Å²) in [6, 6.07) is 6.25. The van der Waals surface area contributed by atoms with Gasteiger partial charge in [-0.3, -0.25) is 14.9 Å². The second-order valence-electron chi connectivity index (χ2n) is 3.99. The molecule has 1 fully saturated rings. The van der Waals surface area contributed by atoms with Gasteiger partial charge in [0.05, 0.1) is 7.11 Å². The Bertz CT molecular complexity index is 512. The quantitative estimate of drug-likeness (QED) is 0.759. The van der Waals surface area contributed by atoms with Crippen molar-refractivity contribution < 1.29 is 19.1 Å². The van der Waals surface area contributed by atoms with Gasteiger partial charge in [-0.15, -0.1) is 0 Å². The second kappa shape index (κ2) is 5.38. The zero-order chi connectivity index (χ0) is 13.8. The van der Waals surface area contributed by atoms with Crippen molar-refractivity contribution in [2.45, 2.75) is 0 Å². The Morgan fingerprint density at radius 2 is 2.05 bits per heavy atom. The number of urea groups is 1. The largest absolute Gasteiger partial charge is 0.497 e. The lowest BCUT2D eigenvalue weighted by Crippen LogP contribution is -2.35. The number of imide groups is 1. The van der Waals surface area contributed by atoms with E-state index in [-0.39, 0.29) is 19.0 Å². The Balaban J connectivity index is 1.90. The third-order valence-corrected chi connectivity index (χ3v) is 2.58. The first-order chi connectivity index (χ1) is 9.08. The van der Waals surface area contributed by atoms with E-state index in [1.54, 1.807) is 31.4 Å². The average Bonchev–Trinajstić information content (AvgIpc) is 2.68. The lowest BCUT2D eigenvalue weighted by molar-refractivity contribution is -0.119. The Kier molecular flexibility index (Phi) is 3.65. The summed E-state index contributed by atoms with van der Waals surface area (Å²) in [5, 5.41) is 4.73. The van der Waals surface area contributed by atoms with Gasteiger partial charge in [-0.25, -0.2) is 4.79 Å². The van der Waals surface area contributed by atoms with Gasteiger partial charge >= 0.3 is 6.03 Å². The number of nitrogens with one attached hydrogen (secondary N) is 2. The van der Waals surface area contributed by atoms with Crippen LogP contribution in [0.15, 0.2) is 24.3 Å². The molecule has 1 aromatic carbocycles. The van der Waals surface area contributed by atoms with Crippen LogP contribution in [0, 0.1) is 0 Å². The van der Waals surface area contributed by atoms with Crippen LogP contribution < -0.4 is 15.4 Å². The van der Waals surface area contributed by atoms with Crippen LogP contribution in [-0.4, -0.2) is 42.9 Å². The van der Waals surface area contributed by atoms with Gasteiger partial charge in [-0.2, -0.15) is 0 Å². The topological polar surface area (TPSA) is 87.7 Å². The Hall–Kier alpha value is -2.57. The fourth-order valence-electron chi connectivity index (χ4n) is 1.66. The number of benzene rings is 1. The first kappa shape index (κ1) is 12.9. The van der Waals surface area contributed by atoms with Crippen LogP contribution in [0.5, 0.6) is 5.75 Å². The van der Waals surface area contributed by atoms with E-state index >= 15 is 0 Å². The maximum absolute atomic E-state index is 11.7. The van der Waals surface area contributed by atoms with Gasteiger partial charge in [-0.1, -0.05) is 0 Å². The van der Waals surface area contributed by atoms with Crippen molar-refractivity contribution in [3.63, 3.8) is 0 Å². The molecule has 100 valence electrons. The van der Waals surface area contributed by atoms with Crippen molar-refractivity contribution in [1.29, 1.82) is 0 Å². The Labute approximate surface area is 109 Å². The average molecular weight is 263 g/mol. The lowest BCUT2D eigenvalue weighted by Gasteiger charge is -2.12. The lowest BCUT2D eigenvalue weighted by atomic mass is 10.3. The van der Waals surface area contributed by atoms with Crippen molar-refractivity contribution in [2.24, 2.45) is 0 Å². The van der Waals surface area contributed by atoms with Gasteiger partial charge in [0.2, 0.25) is 11.8 Å². The summed E-state index contributed by atoms with van der Waals surface area (Å²) in [7, 11) is 1.55. The third-order valence-electron chi connectivity index (χ3n) is 2.58. The summed E-state index contributed by atoms with van der Waals surface area (Å²) in [6.45, 7) is -0.252. The number of ether oxygens (including phenoxy) is 1. The molecule has 0 aromatic heterocycles. The number of carbonyl (C=O) groups excluding carboxylic acids is 3. The second-order valence-corrected chi connectivity index (χ2v) is 3.99. The number of amides is 4. The first-order valence-corrected chi connectivity index (χ1v) is 5.61. The van der Waals surface area contributed by atoms with E-state index in [2.05, 4.69) is 10.6 Å². The number of methoxy groups -OCH3 is 1. The smallest absolute Gasteiger partial charge is 0.325 e. The molecule has 2 rings (SSSR count). The normalized spacial score (nSPS) is 14.3. The van der Waals surface area contributed by atoms with Gasteiger partial charge in [0.15, 0.2) is 0 Å². The van der Waals surface area contributed by atoms with Crippen LogP contribution in [0.3, 0.4) is 0 Å². The zero-order valence-corrected chi connectivity index (χ0v) is 10.3. The van der Waals surface area contributed by atoms with Crippen LogP contribution in [-0.2, 0) is 9.59 Å². The summed E-state index contributed by atoms with van der Waals surface area (Å²) in [6.07, 6.45) is 0. The predicted octanol–water partition coefficient (Wildman–Crippen LogP) is 0.185. The summed E-state index contributed by atoms with van der Waals surface area (Å²) in [5.41, 5.74) is 0.594. The molecule has 0 aliphatic carbocycles. The van der Waals surface area contributed by atoms with Crippen LogP contribution in [0.25, 0.3) is 0 Å². The standard InChI is InChI=1S/C12H13N3O4/c1-19-9-4-2-8(3-5-9)13-10(16)6-15-7-11(17)14-12(15)18/h2-5H,6-7H2,1H3,(H,13,16)(H,14,17,18). The van der Waals surface area contributed by atoms with E-state index in [0.717, 1.165) is 4.90 Å². The minimum Gasteiger partial charge on any atom is -0.497 e. The van der Waals surface area contributed by atoms with Crippen LogP contribution >= 0.6 is 0 Å². The predicted molar refractivity (Wildman–Crippen MR) is 66.7 cm³/mol. The van der Waals surface area contributed by atoms with Crippen molar-refractivity contribution in [1.82, 2.24) is 10.2 Å². The van der Waals surface area contributed by atoms with E-state index in [4.69, 9.17) is 4.74 Å². The number of carbonyl (C=O) groups is 3. The van der Waals surface area contributed by atoms with Crippen LogP contribution in [0.1, 0.15) is 0 Å². The van der Waals surface area contributed by atoms with Crippen molar-refractivity contribution >= 4 is 23.5 Å². The van der Waals surface area contributed by atoms with Crippen molar-refractivity contribution in [3.8, 4) is 5.75 Å². The maximum Gasteiger partial charge on any atom is 0.325 e. The zero-order valence-electron chi connectivity index (χ0n) is 10.3. The molecule has 19 heavy (non-hydrogen) atoms. The highest BCUT2D eigenvalue weighted by Crippen LogP contribution is 2.14. The number of hydrogen-bond acceptors (Lipinski definition) is 4. The molecule has 4 amide bonds. The van der Waals surface area contributed by atoms with Gasteiger partial charge in [0.1, 0.15) is 18.8 Å². The molecule has 1 saturated heterocycles. The highest BCUT2D eigenvalue weighted by molar-refractivity contribution is 6.04. The molecular weight excluding hydrogens is 250 g/mol. The van der Waals surface area contributed by atoms with E-state index in [9.17, 15) is 14.4 Å². The molecular formula is C12H13N3O4. The highest BCUT2D eigenvalue weighted by Gasteiger charge is 2.28. The highest BCUT2D eigenvalue weighted by atomic mass is 16.5. The molecule has 1 aromatic rings. The molecule has 0 unspecified atom stereocenters. The SMILES string of the molecule is COc1ccc(NC(=O)CN2CC(=O)NC2=O)cc1. The monoisotopic (exact) mass is 263 g/mol. The van der Waals surface area contributed by atoms with Crippen LogP contribution in [0.2, 0.25) is 0 Å². The molecule has 1 heterocycles. The van der Waals surface area contributed by atoms with Gasteiger partial charge < -0.3 is 15.0 Å². The number of anilines is 1. The first-order valence-electron chi connectivity index (χ1n) is 5.61. The molecule has 0 atom stereocenters. The molecule has 2 N–H and O–H groups in total.